The highest BCUT2D eigenvalue weighted by Gasteiger charge is 2.11. The Morgan fingerprint density at radius 1 is 1.77 bits per heavy atom. The SMILES string of the molecule is CC(CCc1cn(C)nn1)C(=O)O. The molecule has 0 fully saturated rings. The highest BCUT2D eigenvalue weighted by atomic mass is 16.4. The second kappa shape index (κ2) is 4.02. The highest BCUT2D eigenvalue weighted by Crippen LogP contribution is 2.06. The van der Waals surface area contributed by atoms with Crippen molar-refractivity contribution in [3.8, 4) is 0 Å². The summed E-state index contributed by atoms with van der Waals surface area (Å²) in [5, 5.41) is 16.2. The maximum absolute atomic E-state index is 10.5. The lowest BCUT2D eigenvalue weighted by molar-refractivity contribution is -0.141. The molecule has 0 aliphatic rings. The Bertz CT molecular complexity index is 295. The van der Waals surface area contributed by atoms with E-state index in [-0.39, 0.29) is 5.92 Å². The van der Waals surface area contributed by atoms with Gasteiger partial charge in [0, 0.05) is 13.2 Å². The molecule has 0 aromatic carbocycles. The summed E-state index contributed by atoms with van der Waals surface area (Å²) in [5.74, 6) is -1.08. The van der Waals surface area contributed by atoms with E-state index >= 15 is 0 Å². The summed E-state index contributed by atoms with van der Waals surface area (Å²) in [5.41, 5.74) is 0.843. The predicted molar refractivity (Wildman–Crippen MR) is 46.1 cm³/mol. The number of aryl methyl sites for hydroxylation is 2. The van der Waals surface area contributed by atoms with Gasteiger partial charge in [-0.2, -0.15) is 0 Å². The molecule has 0 saturated heterocycles. The summed E-state index contributed by atoms with van der Waals surface area (Å²) in [6, 6.07) is 0. The van der Waals surface area contributed by atoms with Gasteiger partial charge in [0.25, 0.3) is 0 Å². The van der Waals surface area contributed by atoms with Gasteiger partial charge in [0.15, 0.2) is 0 Å². The van der Waals surface area contributed by atoms with E-state index in [2.05, 4.69) is 10.3 Å². The van der Waals surface area contributed by atoms with Crippen molar-refractivity contribution in [2.24, 2.45) is 13.0 Å². The summed E-state index contributed by atoms with van der Waals surface area (Å²) in [6.07, 6.45) is 3.07. The van der Waals surface area contributed by atoms with E-state index in [9.17, 15) is 4.79 Å². The normalized spacial score (nSPS) is 12.8. The minimum absolute atomic E-state index is 0.318. The van der Waals surface area contributed by atoms with Crippen molar-refractivity contribution in [3.63, 3.8) is 0 Å². The third-order valence-electron chi connectivity index (χ3n) is 1.91. The zero-order valence-electron chi connectivity index (χ0n) is 7.77. The molecule has 1 aromatic heterocycles. The Labute approximate surface area is 76.4 Å². The Hall–Kier alpha value is -1.39. The number of aliphatic carboxylic acids is 1. The Balaban J connectivity index is 2.39. The highest BCUT2D eigenvalue weighted by molar-refractivity contribution is 5.69. The standard InChI is InChI=1S/C8H13N3O2/c1-6(8(12)13)3-4-7-5-11(2)10-9-7/h5-6H,3-4H2,1-2H3,(H,12,13). The van der Waals surface area contributed by atoms with Crippen molar-refractivity contribution in [1.29, 1.82) is 0 Å². The summed E-state index contributed by atoms with van der Waals surface area (Å²) in [4.78, 5) is 10.5. The van der Waals surface area contributed by atoms with Crippen LogP contribution in [0.2, 0.25) is 0 Å². The molecule has 0 saturated carbocycles. The monoisotopic (exact) mass is 183 g/mol. The molecule has 0 bridgehead atoms. The van der Waals surface area contributed by atoms with Crippen LogP contribution in [-0.2, 0) is 18.3 Å². The minimum atomic E-state index is -0.760. The number of hydrogen-bond donors (Lipinski definition) is 1. The van der Waals surface area contributed by atoms with E-state index < -0.39 is 5.97 Å². The van der Waals surface area contributed by atoms with E-state index in [1.54, 1.807) is 24.9 Å². The van der Waals surface area contributed by atoms with Crippen molar-refractivity contribution in [2.75, 3.05) is 0 Å². The molecule has 5 nitrogen and oxygen atoms in total. The molecule has 13 heavy (non-hydrogen) atoms. The fourth-order valence-electron chi connectivity index (χ4n) is 0.998. The van der Waals surface area contributed by atoms with E-state index in [0.717, 1.165) is 5.69 Å². The van der Waals surface area contributed by atoms with Gasteiger partial charge in [-0.15, -0.1) is 5.10 Å². The van der Waals surface area contributed by atoms with Crippen LogP contribution in [0.1, 0.15) is 19.0 Å². The van der Waals surface area contributed by atoms with Gasteiger partial charge < -0.3 is 5.11 Å². The van der Waals surface area contributed by atoms with Gasteiger partial charge in [-0.25, -0.2) is 0 Å². The second-order valence-corrected chi connectivity index (χ2v) is 3.16. The zero-order valence-corrected chi connectivity index (χ0v) is 7.77. The summed E-state index contributed by atoms with van der Waals surface area (Å²) in [6.45, 7) is 1.69. The van der Waals surface area contributed by atoms with Crippen molar-refractivity contribution in [3.05, 3.63) is 11.9 Å². The maximum Gasteiger partial charge on any atom is 0.306 e. The predicted octanol–water partition coefficient (Wildman–Crippen LogP) is 0.468. The first-order valence-electron chi connectivity index (χ1n) is 4.17. The Kier molecular flexibility index (Phi) is 3.00. The molecule has 1 rings (SSSR count). The second-order valence-electron chi connectivity index (χ2n) is 3.16. The molecule has 0 aliphatic carbocycles. The fraction of sp³-hybridized carbons (Fsp3) is 0.625. The number of carboxylic acids is 1. The number of carboxylic acid groups (broad SMARTS) is 1. The quantitative estimate of drug-likeness (QED) is 0.736. The lowest BCUT2D eigenvalue weighted by atomic mass is 10.1. The van der Waals surface area contributed by atoms with E-state index in [4.69, 9.17) is 5.11 Å². The van der Waals surface area contributed by atoms with Crippen LogP contribution in [0.4, 0.5) is 0 Å². The molecular formula is C8H13N3O2. The number of rotatable bonds is 4. The minimum Gasteiger partial charge on any atom is -0.481 e. The molecular weight excluding hydrogens is 170 g/mol. The molecule has 0 radical (unpaired) electrons. The lowest BCUT2D eigenvalue weighted by Crippen LogP contribution is -2.10. The first-order chi connectivity index (χ1) is 6.09. The summed E-state index contributed by atoms with van der Waals surface area (Å²) < 4.78 is 1.61. The van der Waals surface area contributed by atoms with Crippen molar-refractivity contribution < 1.29 is 9.90 Å². The lowest BCUT2D eigenvalue weighted by Gasteiger charge is -2.02. The number of hydrogen-bond acceptors (Lipinski definition) is 3. The Morgan fingerprint density at radius 2 is 2.46 bits per heavy atom. The van der Waals surface area contributed by atoms with Gasteiger partial charge in [-0.3, -0.25) is 9.48 Å². The molecule has 0 spiro atoms. The van der Waals surface area contributed by atoms with Crippen molar-refractivity contribution >= 4 is 5.97 Å². The van der Waals surface area contributed by atoms with Gasteiger partial charge in [0.2, 0.25) is 0 Å². The summed E-state index contributed by atoms with van der Waals surface area (Å²) in [7, 11) is 1.79. The van der Waals surface area contributed by atoms with Gasteiger partial charge in [0.05, 0.1) is 11.6 Å². The van der Waals surface area contributed by atoms with E-state index in [1.807, 2.05) is 0 Å². The Morgan fingerprint density at radius 3 is 2.92 bits per heavy atom. The molecule has 72 valence electrons. The van der Waals surface area contributed by atoms with Crippen LogP contribution in [0.3, 0.4) is 0 Å². The average Bonchev–Trinajstić information content (AvgIpc) is 2.47. The molecule has 0 aliphatic heterocycles. The van der Waals surface area contributed by atoms with Gasteiger partial charge in [-0.1, -0.05) is 12.1 Å². The van der Waals surface area contributed by atoms with Crippen LogP contribution in [-0.4, -0.2) is 26.1 Å². The number of nitrogens with zero attached hydrogens (tertiary/aromatic N) is 3. The molecule has 5 heteroatoms. The first-order valence-corrected chi connectivity index (χ1v) is 4.17. The fourth-order valence-corrected chi connectivity index (χ4v) is 0.998. The van der Waals surface area contributed by atoms with Crippen LogP contribution in [0, 0.1) is 5.92 Å². The molecule has 1 unspecified atom stereocenters. The van der Waals surface area contributed by atoms with E-state index in [1.165, 1.54) is 0 Å². The van der Waals surface area contributed by atoms with Gasteiger partial charge in [0.1, 0.15) is 0 Å². The largest absolute Gasteiger partial charge is 0.481 e. The van der Waals surface area contributed by atoms with Crippen LogP contribution >= 0.6 is 0 Å². The number of carbonyl (C=O) groups is 1. The van der Waals surface area contributed by atoms with Crippen LogP contribution in [0.5, 0.6) is 0 Å². The molecule has 0 amide bonds. The van der Waals surface area contributed by atoms with Gasteiger partial charge >= 0.3 is 5.97 Å². The third-order valence-corrected chi connectivity index (χ3v) is 1.91. The maximum atomic E-state index is 10.5. The number of aromatic nitrogens is 3. The molecule has 1 aromatic rings. The van der Waals surface area contributed by atoms with Crippen LogP contribution < -0.4 is 0 Å². The van der Waals surface area contributed by atoms with Crippen LogP contribution in [0.25, 0.3) is 0 Å². The van der Waals surface area contributed by atoms with Crippen LogP contribution in [0.15, 0.2) is 6.20 Å². The first kappa shape index (κ1) is 9.70. The smallest absolute Gasteiger partial charge is 0.306 e. The average molecular weight is 183 g/mol. The summed E-state index contributed by atoms with van der Waals surface area (Å²) >= 11 is 0. The molecule has 1 N–H and O–H groups in total. The van der Waals surface area contributed by atoms with Crippen molar-refractivity contribution in [1.82, 2.24) is 15.0 Å². The van der Waals surface area contributed by atoms with Gasteiger partial charge in [-0.05, 0) is 12.8 Å². The molecule has 1 heterocycles. The third kappa shape index (κ3) is 2.85. The molecule has 1 atom stereocenters. The van der Waals surface area contributed by atoms with E-state index in [0.29, 0.717) is 12.8 Å². The van der Waals surface area contributed by atoms with Crippen molar-refractivity contribution in [2.45, 2.75) is 19.8 Å². The topological polar surface area (TPSA) is 68.0 Å². The zero-order chi connectivity index (χ0) is 9.84.